The van der Waals surface area contributed by atoms with Crippen LogP contribution < -0.4 is 0 Å². The third kappa shape index (κ3) is 2.45. The average Bonchev–Trinajstić information content (AvgIpc) is 2.52. The summed E-state index contributed by atoms with van der Waals surface area (Å²) in [6, 6.07) is 0. The summed E-state index contributed by atoms with van der Waals surface area (Å²) in [6.45, 7) is 0. The second-order valence-electron chi connectivity index (χ2n) is 4.74. The van der Waals surface area contributed by atoms with Crippen LogP contribution in [0.5, 0.6) is 0 Å². The van der Waals surface area contributed by atoms with Crippen molar-refractivity contribution in [1.29, 1.82) is 0 Å². The predicted molar refractivity (Wildman–Crippen MR) is 67.9 cm³/mol. The summed E-state index contributed by atoms with van der Waals surface area (Å²) < 4.78 is 2.18. The molecule has 1 saturated carbocycles. The number of aromatic nitrogens is 2. The fourth-order valence-electron chi connectivity index (χ4n) is 2.43. The van der Waals surface area contributed by atoms with E-state index in [4.69, 9.17) is 0 Å². The third-order valence-electron chi connectivity index (χ3n) is 3.46. The quantitative estimate of drug-likeness (QED) is 0.674. The van der Waals surface area contributed by atoms with Crippen molar-refractivity contribution in [3.63, 3.8) is 0 Å². The van der Waals surface area contributed by atoms with E-state index in [0.29, 0.717) is 23.0 Å². The Labute approximate surface area is 109 Å². The van der Waals surface area contributed by atoms with Crippen LogP contribution in [0.3, 0.4) is 0 Å². The van der Waals surface area contributed by atoms with Crippen LogP contribution in [0.2, 0.25) is 0 Å². The third-order valence-corrected chi connectivity index (χ3v) is 4.04. The molecule has 1 aromatic rings. The molecule has 1 aliphatic rings. The molecule has 0 amide bonds. The summed E-state index contributed by atoms with van der Waals surface area (Å²) in [6.07, 6.45) is 6.74. The molecule has 1 aromatic heterocycles. The van der Waals surface area contributed by atoms with Gasteiger partial charge in [0.15, 0.2) is 0 Å². The van der Waals surface area contributed by atoms with E-state index < -0.39 is 5.60 Å². The van der Waals surface area contributed by atoms with Gasteiger partial charge in [-0.3, -0.25) is 9.48 Å². The van der Waals surface area contributed by atoms with Crippen LogP contribution >= 0.6 is 15.9 Å². The molecule has 0 bridgehead atoms. The fraction of sp³-hybridized carbons (Fsp3) is 0.667. The van der Waals surface area contributed by atoms with Crippen LogP contribution in [0.25, 0.3) is 0 Å². The zero-order chi connectivity index (χ0) is 12.5. The number of carbonyl (C=O) groups is 1. The number of hydrogen-bond acceptors (Lipinski definition) is 3. The molecule has 0 radical (unpaired) electrons. The number of carbonyl (C=O) groups excluding carboxylic acids is 1. The second-order valence-corrected chi connectivity index (χ2v) is 5.59. The Hall–Kier alpha value is -0.680. The molecule has 0 atom stereocenters. The Kier molecular flexibility index (Phi) is 3.68. The van der Waals surface area contributed by atoms with Gasteiger partial charge in [0.2, 0.25) is 5.78 Å². The predicted octanol–water partition coefficient (Wildman–Crippen LogP) is 2.45. The number of Topliss-reactive ketones (excluding diaryl/α,β-unsaturated/α-hetero) is 1. The van der Waals surface area contributed by atoms with Crippen molar-refractivity contribution in [3.8, 4) is 0 Å². The van der Waals surface area contributed by atoms with Gasteiger partial charge in [0.25, 0.3) is 0 Å². The van der Waals surface area contributed by atoms with Gasteiger partial charge in [0, 0.05) is 7.05 Å². The van der Waals surface area contributed by atoms with Gasteiger partial charge in [-0.2, -0.15) is 5.10 Å². The lowest BCUT2D eigenvalue weighted by Crippen LogP contribution is -2.39. The van der Waals surface area contributed by atoms with E-state index in [9.17, 15) is 9.90 Å². The molecule has 0 aliphatic heterocycles. The minimum Gasteiger partial charge on any atom is -0.382 e. The van der Waals surface area contributed by atoms with Gasteiger partial charge in [0.05, 0.1) is 10.7 Å². The summed E-state index contributed by atoms with van der Waals surface area (Å²) in [4.78, 5) is 12.4. The molecule has 0 unspecified atom stereocenters. The van der Waals surface area contributed by atoms with Crippen LogP contribution in [0.4, 0.5) is 0 Å². The summed E-state index contributed by atoms with van der Waals surface area (Å²) in [5, 5.41) is 14.6. The second kappa shape index (κ2) is 4.90. The zero-order valence-corrected chi connectivity index (χ0v) is 11.5. The van der Waals surface area contributed by atoms with Gasteiger partial charge in [-0.1, -0.05) is 25.7 Å². The van der Waals surface area contributed by atoms with Gasteiger partial charge in [0.1, 0.15) is 11.3 Å². The van der Waals surface area contributed by atoms with Crippen LogP contribution in [0, 0.1) is 0 Å². The Bertz CT molecular complexity index is 401. The summed E-state index contributed by atoms with van der Waals surface area (Å²) in [5.41, 5.74) is -0.735. The first-order valence-corrected chi connectivity index (χ1v) is 6.78. The monoisotopic (exact) mass is 300 g/mol. The molecule has 0 aromatic carbocycles. The molecule has 1 N–H and O–H groups in total. The Morgan fingerprint density at radius 1 is 1.41 bits per heavy atom. The molecule has 1 aliphatic carbocycles. The van der Waals surface area contributed by atoms with Crippen LogP contribution in [0.15, 0.2) is 10.7 Å². The molecule has 1 heterocycles. The molecule has 17 heavy (non-hydrogen) atoms. The summed E-state index contributed by atoms with van der Waals surface area (Å²) in [7, 11) is 1.72. The van der Waals surface area contributed by atoms with Gasteiger partial charge < -0.3 is 5.11 Å². The number of nitrogens with zero attached hydrogens (tertiary/aromatic N) is 2. The normalized spacial score (nSPS) is 19.9. The van der Waals surface area contributed by atoms with Gasteiger partial charge in [-0.25, -0.2) is 0 Å². The molecule has 5 heteroatoms. The summed E-state index contributed by atoms with van der Waals surface area (Å²) in [5.74, 6) is -0.203. The Balaban J connectivity index is 2.29. The standard InChI is InChI=1S/C12H17BrN2O2/c1-15-10(9(13)8-14-15)11(16)12(17)6-4-2-3-5-7-12/h8,17H,2-7H2,1H3. The first-order valence-electron chi connectivity index (χ1n) is 5.99. The van der Waals surface area contributed by atoms with Crippen molar-refractivity contribution in [2.75, 3.05) is 0 Å². The minimum absolute atomic E-state index is 0.203. The molecular formula is C12H17BrN2O2. The SMILES string of the molecule is Cn1ncc(Br)c1C(=O)C1(O)CCCCCC1. The molecule has 1 fully saturated rings. The van der Waals surface area contributed by atoms with E-state index in [-0.39, 0.29) is 5.78 Å². The maximum atomic E-state index is 12.4. The van der Waals surface area contributed by atoms with Gasteiger partial charge in [-0.05, 0) is 28.8 Å². The van der Waals surface area contributed by atoms with Crippen molar-refractivity contribution in [1.82, 2.24) is 9.78 Å². The number of aryl methyl sites for hydroxylation is 1. The fourth-order valence-corrected chi connectivity index (χ4v) is 2.96. The molecule has 0 spiro atoms. The number of ketones is 1. The maximum absolute atomic E-state index is 12.4. The van der Waals surface area contributed by atoms with Crippen LogP contribution in [0.1, 0.15) is 49.0 Å². The van der Waals surface area contributed by atoms with E-state index in [1.54, 1.807) is 13.2 Å². The van der Waals surface area contributed by atoms with Crippen LogP contribution in [-0.4, -0.2) is 26.3 Å². The zero-order valence-electron chi connectivity index (χ0n) is 9.95. The number of aliphatic hydroxyl groups is 1. The molecule has 0 saturated heterocycles. The lowest BCUT2D eigenvalue weighted by atomic mass is 9.88. The summed E-state index contributed by atoms with van der Waals surface area (Å²) >= 11 is 3.31. The molecule has 2 rings (SSSR count). The number of rotatable bonds is 2. The van der Waals surface area contributed by atoms with E-state index in [2.05, 4.69) is 21.0 Å². The minimum atomic E-state index is -1.20. The first-order chi connectivity index (χ1) is 8.04. The van der Waals surface area contributed by atoms with Crippen molar-refractivity contribution in [3.05, 3.63) is 16.4 Å². The van der Waals surface area contributed by atoms with Crippen molar-refractivity contribution >= 4 is 21.7 Å². The number of halogens is 1. The highest BCUT2D eigenvalue weighted by Crippen LogP contribution is 2.31. The van der Waals surface area contributed by atoms with E-state index >= 15 is 0 Å². The van der Waals surface area contributed by atoms with Crippen molar-refractivity contribution in [2.45, 2.75) is 44.1 Å². The van der Waals surface area contributed by atoms with Crippen molar-refractivity contribution in [2.24, 2.45) is 7.05 Å². The Morgan fingerprint density at radius 2 is 2.00 bits per heavy atom. The Morgan fingerprint density at radius 3 is 2.47 bits per heavy atom. The van der Waals surface area contributed by atoms with Gasteiger partial charge in [-0.15, -0.1) is 0 Å². The first kappa shape index (κ1) is 12.8. The lowest BCUT2D eigenvalue weighted by Gasteiger charge is -2.24. The van der Waals surface area contributed by atoms with Gasteiger partial charge >= 0.3 is 0 Å². The molecule has 94 valence electrons. The highest BCUT2D eigenvalue weighted by molar-refractivity contribution is 9.10. The van der Waals surface area contributed by atoms with E-state index in [1.807, 2.05) is 0 Å². The van der Waals surface area contributed by atoms with Crippen LogP contribution in [-0.2, 0) is 7.05 Å². The largest absolute Gasteiger partial charge is 0.382 e. The van der Waals surface area contributed by atoms with E-state index in [0.717, 1.165) is 25.7 Å². The topological polar surface area (TPSA) is 55.1 Å². The van der Waals surface area contributed by atoms with Crippen molar-refractivity contribution < 1.29 is 9.90 Å². The highest BCUT2D eigenvalue weighted by atomic mass is 79.9. The maximum Gasteiger partial charge on any atom is 0.213 e. The lowest BCUT2D eigenvalue weighted by molar-refractivity contribution is 0.0228. The smallest absolute Gasteiger partial charge is 0.213 e. The average molecular weight is 301 g/mol. The highest BCUT2D eigenvalue weighted by Gasteiger charge is 2.38. The van der Waals surface area contributed by atoms with E-state index in [1.165, 1.54) is 4.68 Å². The number of hydrogen-bond donors (Lipinski definition) is 1. The molecule has 4 nitrogen and oxygen atoms in total. The molecular weight excluding hydrogens is 284 g/mol.